The van der Waals surface area contributed by atoms with Crippen molar-refractivity contribution in [3.05, 3.63) is 54.3 Å². The van der Waals surface area contributed by atoms with Gasteiger partial charge in [-0.15, -0.1) is 11.8 Å². The lowest BCUT2D eigenvalue weighted by Crippen LogP contribution is -2.30. The quantitative estimate of drug-likeness (QED) is 0.535. The summed E-state index contributed by atoms with van der Waals surface area (Å²) < 4.78 is 47.6. The van der Waals surface area contributed by atoms with Gasteiger partial charge >= 0.3 is 12.6 Å². The summed E-state index contributed by atoms with van der Waals surface area (Å²) in [6.07, 6.45) is -1.18. The number of benzene rings is 2. The third-order valence-corrected chi connectivity index (χ3v) is 4.24. The first-order chi connectivity index (χ1) is 12.9. The Kier molecular flexibility index (Phi) is 7.54. The minimum Gasteiger partial charge on any atom is -0.452 e. The van der Waals surface area contributed by atoms with E-state index in [4.69, 9.17) is 4.74 Å². The zero-order valence-electron chi connectivity index (χ0n) is 14.2. The number of nitrogens with one attached hydrogen (secondary N) is 1. The first-order valence-electron chi connectivity index (χ1n) is 7.78. The molecule has 0 aliphatic rings. The smallest absolute Gasteiger partial charge is 0.387 e. The molecule has 2 rings (SSSR count). The van der Waals surface area contributed by atoms with E-state index in [9.17, 15) is 22.8 Å². The van der Waals surface area contributed by atoms with Gasteiger partial charge in [0.25, 0.3) is 5.91 Å². The second kappa shape index (κ2) is 9.86. The average Bonchev–Trinajstić information content (AvgIpc) is 2.62. The van der Waals surface area contributed by atoms with Crippen molar-refractivity contribution in [2.45, 2.75) is 24.5 Å². The molecular formula is C18H16F3NO4S. The zero-order valence-corrected chi connectivity index (χ0v) is 15.0. The van der Waals surface area contributed by atoms with E-state index in [-0.39, 0.29) is 22.1 Å². The summed E-state index contributed by atoms with van der Waals surface area (Å²) in [6, 6.07) is 11.6. The highest BCUT2D eigenvalue weighted by Gasteiger charge is 2.20. The highest BCUT2D eigenvalue weighted by Crippen LogP contribution is 2.26. The van der Waals surface area contributed by atoms with Gasteiger partial charge < -0.3 is 14.8 Å². The normalized spacial score (nSPS) is 11.7. The Balaban J connectivity index is 1.88. The molecule has 0 heterocycles. The van der Waals surface area contributed by atoms with Crippen molar-refractivity contribution < 1.29 is 32.2 Å². The van der Waals surface area contributed by atoms with Crippen LogP contribution in [0.5, 0.6) is 5.75 Å². The van der Waals surface area contributed by atoms with E-state index < -0.39 is 30.4 Å². The maximum Gasteiger partial charge on any atom is 0.387 e. The van der Waals surface area contributed by atoms with Gasteiger partial charge in [-0.05, 0) is 31.2 Å². The molecule has 0 spiro atoms. The molecule has 1 atom stereocenters. The van der Waals surface area contributed by atoms with E-state index in [1.54, 1.807) is 6.07 Å². The Morgan fingerprint density at radius 3 is 2.48 bits per heavy atom. The van der Waals surface area contributed by atoms with Gasteiger partial charge in [-0.1, -0.05) is 24.3 Å². The zero-order chi connectivity index (χ0) is 19.8. The molecule has 0 aliphatic carbocycles. The molecule has 9 heteroatoms. The van der Waals surface area contributed by atoms with Gasteiger partial charge in [-0.2, -0.15) is 8.78 Å². The number of hydrogen-bond donors (Lipinski definition) is 1. The molecule has 0 saturated heterocycles. The molecule has 0 aliphatic heterocycles. The van der Waals surface area contributed by atoms with Crippen LogP contribution in [0.3, 0.4) is 0 Å². The summed E-state index contributed by atoms with van der Waals surface area (Å²) in [7, 11) is 0. The van der Waals surface area contributed by atoms with Crippen LogP contribution in [0.15, 0.2) is 53.4 Å². The van der Waals surface area contributed by atoms with E-state index in [1.807, 2.05) is 0 Å². The number of carbonyl (C=O) groups is 2. The van der Waals surface area contributed by atoms with Gasteiger partial charge in [0, 0.05) is 4.90 Å². The predicted molar refractivity (Wildman–Crippen MR) is 94.4 cm³/mol. The molecule has 1 amide bonds. The lowest BCUT2D eigenvalue weighted by atomic mass is 10.2. The van der Waals surface area contributed by atoms with Crippen molar-refractivity contribution in [2.24, 2.45) is 0 Å². The van der Waals surface area contributed by atoms with Crippen LogP contribution < -0.4 is 10.1 Å². The lowest BCUT2D eigenvalue weighted by Gasteiger charge is -2.15. The molecule has 1 N–H and O–H groups in total. The maximum atomic E-state index is 13.5. The number of halogens is 3. The summed E-state index contributed by atoms with van der Waals surface area (Å²) in [6.45, 7) is -1.72. The number of para-hydroxylation sites is 2. The monoisotopic (exact) mass is 399 g/mol. The van der Waals surface area contributed by atoms with Gasteiger partial charge in [0.15, 0.2) is 6.10 Å². The molecule has 0 aromatic heterocycles. The van der Waals surface area contributed by atoms with Crippen LogP contribution in [-0.4, -0.2) is 30.3 Å². The molecule has 0 radical (unpaired) electrons. The van der Waals surface area contributed by atoms with Gasteiger partial charge in [0.1, 0.15) is 11.6 Å². The van der Waals surface area contributed by atoms with Crippen LogP contribution in [0.2, 0.25) is 0 Å². The summed E-state index contributed by atoms with van der Waals surface area (Å²) in [4.78, 5) is 24.2. The number of alkyl halides is 2. The van der Waals surface area contributed by atoms with Gasteiger partial charge in [0.05, 0.1) is 11.4 Å². The lowest BCUT2D eigenvalue weighted by molar-refractivity contribution is -0.150. The number of amides is 1. The third-order valence-electron chi connectivity index (χ3n) is 3.22. The van der Waals surface area contributed by atoms with E-state index in [0.717, 1.165) is 11.8 Å². The van der Waals surface area contributed by atoms with Crippen LogP contribution in [0.25, 0.3) is 0 Å². The first-order valence-corrected chi connectivity index (χ1v) is 8.77. The van der Waals surface area contributed by atoms with E-state index >= 15 is 0 Å². The molecule has 0 fully saturated rings. The van der Waals surface area contributed by atoms with E-state index in [1.165, 1.54) is 49.4 Å². The first kappa shape index (κ1) is 20.6. The number of thioether (sulfide) groups is 1. The summed E-state index contributed by atoms with van der Waals surface area (Å²) in [5, 5.41) is 2.36. The Bertz CT molecular complexity index is 804. The van der Waals surface area contributed by atoms with Gasteiger partial charge in [-0.25, -0.2) is 4.39 Å². The summed E-state index contributed by atoms with van der Waals surface area (Å²) >= 11 is 0.938. The number of carbonyl (C=O) groups excluding carboxylic acids is 2. The van der Waals surface area contributed by atoms with Crippen molar-refractivity contribution in [2.75, 3.05) is 11.1 Å². The van der Waals surface area contributed by atoms with Crippen molar-refractivity contribution in [1.29, 1.82) is 0 Å². The molecule has 0 unspecified atom stereocenters. The topological polar surface area (TPSA) is 64.6 Å². The average molecular weight is 399 g/mol. The predicted octanol–water partition coefficient (Wildman–Crippen LogP) is 4.09. The van der Waals surface area contributed by atoms with Crippen molar-refractivity contribution in [1.82, 2.24) is 0 Å². The molecule has 0 saturated carbocycles. The molecular weight excluding hydrogens is 383 g/mol. The van der Waals surface area contributed by atoms with E-state index in [2.05, 4.69) is 10.1 Å². The second-order valence-electron chi connectivity index (χ2n) is 5.22. The highest BCUT2D eigenvalue weighted by molar-refractivity contribution is 8.00. The van der Waals surface area contributed by atoms with Crippen molar-refractivity contribution >= 4 is 29.3 Å². The fourth-order valence-corrected chi connectivity index (χ4v) is 2.71. The molecule has 144 valence electrons. The Labute approximate surface area is 157 Å². The summed E-state index contributed by atoms with van der Waals surface area (Å²) in [5.74, 6) is -2.30. The number of esters is 1. The van der Waals surface area contributed by atoms with Crippen molar-refractivity contribution in [3.63, 3.8) is 0 Å². The largest absolute Gasteiger partial charge is 0.452 e. The fraction of sp³-hybridized carbons (Fsp3) is 0.222. The second-order valence-corrected chi connectivity index (χ2v) is 6.23. The van der Waals surface area contributed by atoms with Gasteiger partial charge in [-0.3, -0.25) is 9.59 Å². The molecule has 0 bridgehead atoms. The number of anilines is 1. The number of rotatable bonds is 8. The van der Waals surface area contributed by atoms with Crippen LogP contribution >= 0.6 is 11.8 Å². The Morgan fingerprint density at radius 2 is 1.78 bits per heavy atom. The molecule has 2 aromatic carbocycles. The highest BCUT2D eigenvalue weighted by atomic mass is 32.2. The maximum absolute atomic E-state index is 13.5. The fourth-order valence-electron chi connectivity index (χ4n) is 1.99. The minimum absolute atomic E-state index is 0.0198. The van der Waals surface area contributed by atoms with Crippen LogP contribution in [0.1, 0.15) is 6.92 Å². The SMILES string of the molecule is C[C@@H](OC(=O)CSc1ccccc1F)C(=O)Nc1ccccc1OC(F)F. The number of ether oxygens (including phenoxy) is 2. The van der Waals surface area contributed by atoms with Crippen LogP contribution in [-0.2, 0) is 14.3 Å². The number of hydrogen-bond acceptors (Lipinski definition) is 5. The van der Waals surface area contributed by atoms with E-state index in [0.29, 0.717) is 0 Å². The Hall–Kier alpha value is -2.68. The molecule has 2 aromatic rings. The van der Waals surface area contributed by atoms with Crippen LogP contribution in [0.4, 0.5) is 18.9 Å². The van der Waals surface area contributed by atoms with Gasteiger partial charge in [0.2, 0.25) is 0 Å². The summed E-state index contributed by atoms with van der Waals surface area (Å²) in [5.41, 5.74) is 0.0198. The third kappa shape index (κ3) is 6.52. The standard InChI is InChI=1S/C18H16F3NO4S/c1-11(25-16(23)10-27-15-9-5-2-6-12(15)19)17(24)22-13-7-3-4-8-14(13)26-18(20)21/h2-9,11,18H,10H2,1H3,(H,22,24)/t11-/m1/s1. The molecule has 5 nitrogen and oxygen atoms in total. The minimum atomic E-state index is -3.05. The Morgan fingerprint density at radius 1 is 1.11 bits per heavy atom. The van der Waals surface area contributed by atoms with Crippen LogP contribution in [0, 0.1) is 5.82 Å². The molecule has 27 heavy (non-hydrogen) atoms. The van der Waals surface area contributed by atoms with Crippen molar-refractivity contribution in [3.8, 4) is 5.75 Å².